The molecule has 0 radical (unpaired) electrons. The smallest absolute Gasteiger partial charge is 0.0935 e. The number of hydrogen-bond acceptors (Lipinski definition) is 3. The lowest BCUT2D eigenvalue weighted by atomic mass is 10.1. The average molecular weight is 352 g/mol. The second-order valence-electron chi connectivity index (χ2n) is 3.12. The fourth-order valence-corrected chi connectivity index (χ4v) is 3.34. The van der Waals surface area contributed by atoms with Gasteiger partial charge in [0, 0.05) is 15.8 Å². The summed E-state index contributed by atoms with van der Waals surface area (Å²) in [6.07, 6.45) is 3.37. The van der Waals surface area contributed by atoms with E-state index in [1.165, 1.54) is 11.3 Å². The molecule has 0 aliphatic carbocycles. The van der Waals surface area contributed by atoms with Gasteiger partial charge in [0.1, 0.15) is 0 Å². The zero-order chi connectivity index (χ0) is 10.8. The Morgan fingerprint density at radius 1 is 1.47 bits per heavy atom. The number of rotatable bonds is 3. The highest BCUT2D eigenvalue weighted by Crippen LogP contribution is 2.36. The monoisotopic (exact) mass is 350 g/mol. The van der Waals surface area contributed by atoms with Crippen molar-refractivity contribution in [3.8, 4) is 0 Å². The molecule has 2 aromatic rings. The first-order valence-electron chi connectivity index (χ1n) is 4.30. The molecule has 0 saturated carbocycles. The summed E-state index contributed by atoms with van der Waals surface area (Å²) < 4.78 is 6.94. The van der Waals surface area contributed by atoms with Crippen LogP contribution in [0, 0.1) is 0 Å². The molecule has 80 valence electrons. The van der Waals surface area contributed by atoms with Crippen LogP contribution in [0.5, 0.6) is 0 Å². The average Bonchev–Trinajstić information content (AvgIpc) is 2.78. The van der Waals surface area contributed by atoms with E-state index in [-0.39, 0.29) is 0 Å². The molecule has 1 atom stereocenters. The molecule has 5 heteroatoms. The Labute approximate surface area is 108 Å². The van der Waals surface area contributed by atoms with Gasteiger partial charge in [0.05, 0.1) is 22.4 Å². The summed E-state index contributed by atoms with van der Waals surface area (Å²) in [5.41, 5.74) is 1.00. The van der Waals surface area contributed by atoms with Gasteiger partial charge in [-0.2, -0.15) is 0 Å². The van der Waals surface area contributed by atoms with E-state index in [0.29, 0.717) is 6.42 Å². The number of halogens is 2. The third-order valence-electron chi connectivity index (χ3n) is 2.00. The Hall–Kier alpha value is -0.1000. The van der Waals surface area contributed by atoms with E-state index in [4.69, 9.17) is 4.42 Å². The molecule has 1 N–H and O–H groups in total. The highest BCUT2D eigenvalue weighted by atomic mass is 79.9. The van der Waals surface area contributed by atoms with Crippen LogP contribution >= 0.6 is 43.2 Å². The molecule has 0 aromatic carbocycles. The van der Waals surface area contributed by atoms with Crippen molar-refractivity contribution < 1.29 is 9.52 Å². The van der Waals surface area contributed by atoms with Gasteiger partial charge in [-0.3, -0.25) is 0 Å². The van der Waals surface area contributed by atoms with Crippen LogP contribution in [0.15, 0.2) is 37.3 Å². The lowest BCUT2D eigenvalue weighted by Crippen LogP contribution is -1.97. The summed E-state index contributed by atoms with van der Waals surface area (Å²) in [5.74, 6) is 0. The van der Waals surface area contributed by atoms with Crippen molar-refractivity contribution in [1.29, 1.82) is 0 Å². The Kier molecular flexibility index (Phi) is 3.66. The van der Waals surface area contributed by atoms with Gasteiger partial charge in [-0.05, 0) is 49.6 Å². The third kappa shape index (κ3) is 2.72. The van der Waals surface area contributed by atoms with Crippen molar-refractivity contribution in [1.82, 2.24) is 0 Å². The van der Waals surface area contributed by atoms with E-state index in [0.717, 1.165) is 18.7 Å². The molecule has 2 rings (SSSR count). The summed E-state index contributed by atoms with van der Waals surface area (Å²) in [6, 6.07) is 3.79. The molecular weight excluding hydrogens is 344 g/mol. The van der Waals surface area contributed by atoms with Crippen molar-refractivity contribution >= 4 is 43.2 Å². The Balaban J connectivity index is 2.11. The molecule has 0 amide bonds. The summed E-state index contributed by atoms with van der Waals surface area (Å²) in [4.78, 5) is 0.940. The van der Waals surface area contributed by atoms with Gasteiger partial charge in [-0.1, -0.05) is 0 Å². The van der Waals surface area contributed by atoms with E-state index in [2.05, 4.69) is 31.9 Å². The van der Waals surface area contributed by atoms with E-state index in [1.807, 2.05) is 12.1 Å². The molecule has 0 aliphatic heterocycles. The van der Waals surface area contributed by atoms with Crippen molar-refractivity contribution in [2.24, 2.45) is 0 Å². The van der Waals surface area contributed by atoms with Crippen molar-refractivity contribution in [2.75, 3.05) is 0 Å². The van der Waals surface area contributed by atoms with Gasteiger partial charge in [0.25, 0.3) is 0 Å². The summed E-state index contributed by atoms with van der Waals surface area (Å²) >= 11 is 8.33. The molecule has 1 unspecified atom stereocenters. The summed E-state index contributed by atoms with van der Waals surface area (Å²) in [7, 11) is 0. The van der Waals surface area contributed by atoms with Gasteiger partial charge in [-0.15, -0.1) is 11.3 Å². The van der Waals surface area contributed by atoms with Gasteiger partial charge < -0.3 is 9.52 Å². The van der Waals surface area contributed by atoms with Gasteiger partial charge in [0.15, 0.2) is 0 Å². The highest BCUT2D eigenvalue weighted by Gasteiger charge is 2.14. The zero-order valence-electron chi connectivity index (χ0n) is 7.61. The van der Waals surface area contributed by atoms with E-state index < -0.39 is 6.10 Å². The fourth-order valence-electron chi connectivity index (χ4n) is 1.26. The van der Waals surface area contributed by atoms with E-state index in [9.17, 15) is 5.11 Å². The molecule has 0 saturated heterocycles. The number of hydrogen-bond donors (Lipinski definition) is 1. The quantitative estimate of drug-likeness (QED) is 0.901. The lowest BCUT2D eigenvalue weighted by Gasteiger charge is -2.05. The van der Waals surface area contributed by atoms with Crippen LogP contribution in [0.25, 0.3) is 0 Å². The minimum Gasteiger partial charge on any atom is -0.472 e. The molecule has 2 heterocycles. The number of thiophene rings is 1. The fraction of sp³-hybridized carbons (Fsp3) is 0.200. The minimum atomic E-state index is -0.477. The maximum absolute atomic E-state index is 9.96. The number of aliphatic hydroxyl groups excluding tert-OH is 1. The van der Waals surface area contributed by atoms with Crippen molar-refractivity contribution in [3.63, 3.8) is 0 Å². The Bertz CT molecular complexity index is 417. The second-order valence-corrected chi connectivity index (χ2v) is 6.38. The molecule has 15 heavy (non-hydrogen) atoms. The second kappa shape index (κ2) is 4.82. The molecule has 0 spiro atoms. The molecule has 0 aliphatic rings. The lowest BCUT2D eigenvalue weighted by molar-refractivity contribution is 0.182. The standard InChI is InChI=1S/C10H8Br2O2S/c11-7-4-9(15-10(7)12)8(13)3-6-1-2-14-5-6/h1-2,4-5,8,13H,3H2. The SMILES string of the molecule is OC(Cc1ccoc1)c1cc(Br)c(Br)s1. The predicted molar refractivity (Wildman–Crippen MR) is 67.1 cm³/mol. The van der Waals surface area contributed by atoms with Gasteiger partial charge >= 0.3 is 0 Å². The highest BCUT2D eigenvalue weighted by molar-refractivity contribution is 9.13. The maximum Gasteiger partial charge on any atom is 0.0935 e. The largest absolute Gasteiger partial charge is 0.472 e. The summed E-state index contributed by atoms with van der Waals surface area (Å²) in [6.45, 7) is 0. The zero-order valence-corrected chi connectivity index (χ0v) is 11.6. The van der Waals surface area contributed by atoms with Crippen LogP contribution < -0.4 is 0 Å². The summed E-state index contributed by atoms with van der Waals surface area (Å²) in [5, 5.41) is 9.96. The first-order valence-corrected chi connectivity index (χ1v) is 6.71. The van der Waals surface area contributed by atoms with Crippen LogP contribution in [0.3, 0.4) is 0 Å². The molecule has 0 bridgehead atoms. The number of furan rings is 1. The topological polar surface area (TPSA) is 33.4 Å². The first kappa shape index (κ1) is 11.4. The Morgan fingerprint density at radius 3 is 2.80 bits per heavy atom. The number of aliphatic hydroxyl groups is 1. The molecule has 2 nitrogen and oxygen atoms in total. The van der Waals surface area contributed by atoms with Crippen molar-refractivity contribution in [2.45, 2.75) is 12.5 Å². The normalized spacial score (nSPS) is 13.0. The van der Waals surface area contributed by atoms with E-state index in [1.54, 1.807) is 12.5 Å². The third-order valence-corrected chi connectivity index (χ3v) is 5.36. The van der Waals surface area contributed by atoms with Crippen LogP contribution in [-0.2, 0) is 6.42 Å². The van der Waals surface area contributed by atoms with E-state index >= 15 is 0 Å². The van der Waals surface area contributed by atoms with Crippen LogP contribution in [-0.4, -0.2) is 5.11 Å². The van der Waals surface area contributed by atoms with Crippen LogP contribution in [0.1, 0.15) is 16.5 Å². The molecular formula is C10H8Br2O2S. The van der Waals surface area contributed by atoms with Crippen molar-refractivity contribution in [3.05, 3.63) is 43.4 Å². The van der Waals surface area contributed by atoms with Gasteiger partial charge in [-0.25, -0.2) is 0 Å². The minimum absolute atomic E-state index is 0.477. The maximum atomic E-state index is 9.96. The van der Waals surface area contributed by atoms with Crippen LogP contribution in [0.2, 0.25) is 0 Å². The van der Waals surface area contributed by atoms with Gasteiger partial charge in [0.2, 0.25) is 0 Å². The van der Waals surface area contributed by atoms with Crippen LogP contribution in [0.4, 0.5) is 0 Å². The first-order chi connectivity index (χ1) is 7.16. The predicted octanol–water partition coefficient (Wildman–Crippen LogP) is 4.14. The molecule has 2 aromatic heterocycles. The Morgan fingerprint density at radius 2 is 2.27 bits per heavy atom. The molecule has 0 fully saturated rings.